The highest BCUT2D eigenvalue weighted by Crippen LogP contribution is 2.21. The summed E-state index contributed by atoms with van der Waals surface area (Å²) in [6.07, 6.45) is 1.09. The highest BCUT2D eigenvalue weighted by atomic mass is 16.6. The molecule has 1 heterocycles. The molecule has 0 aromatic heterocycles. The van der Waals surface area contributed by atoms with Crippen molar-refractivity contribution in [3.8, 4) is 0 Å². The van der Waals surface area contributed by atoms with Gasteiger partial charge in [0.1, 0.15) is 0 Å². The van der Waals surface area contributed by atoms with Crippen LogP contribution < -0.4 is 5.46 Å². The van der Waals surface area contributed by atoms with Crippen LogP contribution in [0.2, 0.25) is 0 Å². The van der Waals surface area contributed by atoms with Gasteiger partial charge in [0.2, 0.25) is 0 Å². The highest BCUT2D eigenvalue weighted by Gasteiger charge is 2.33. The summed E-state index contributed by atoms with van der Waals surface area (Å²) in [7, 11) is 1.13. The largest absolute Gasteiger partial charge is 0.493 e. The lowest BCUT2D eigenvalue weighted by Crippen LogP contribution is -2.47. The zero-order chi connectivity index (χ0) is 14.6. The van der Waals surface area contributed by atoms with E-state index in [2.05, 4.69) is 18.6 Å². The van der Waals surface area contributed by atoms with Crippen molar-refractivity contribution in [2.75, 3.05) is 20.3 Å². The molecule has 0 bridgehead atoms. The van der Waals surface area contributed by atoms with Crippen LogP contribution in [0.3, 0.4) is 0 Å². The summed E-state index contributed by atoms with van der Waals surface area (Å²) in [5.74, 6) is -0.185. The Balaban J connectivity index is 1.90. The molecule has 0 atom stereocenters. The second-order valence-corrected chi connectivity index (χ2v) is 5.94. The summed E-state index contributed by atoms with van der Waals surface area (Å²) < 4.78 is 16.1. The van der Waals surface area contributed by atoms with Crippen LogP contribution >= 0.6 is 0 Å². The Morgan fingerprint density at radius 1 is 1.25 bits per heavy atom. The summed E-state index contributed by atoms with van der Waals surface area (Å²) >= 11 is 0. The maximum atomic E-state index is 11.1. The monoisotopic (exact) mass is 276 g/mol. The Bertz CT molecular complexity index is 445. The van der Waals surface area contributed by atoms with Crippen molar-refractivity contribution in [2.45, 2.75) is 26.7 Å². The van der Waals surface area contributed by atoms with E-state index in [1.165, 1.54) is 7.11 Å². The quantitative estimate of drug-likeness (QED) is 0.618. The molecule has 4 nitrogen and oxygen atoms in total. The van der Waals surface area contributed by atoms with E-state index < -0.39 is 0 Å². The Hall–Kier alpha value is -1.33. The van der Waals surface area contributed by atoms with Crippen LogP contribution in [0.15, 0.2) is 24.3 Å². The Labute approximate surface area is 120 Å². The number of ether oxygens (including phenoxy) is 1. The number of benzene rings is 1. The molecule has 0 radical (unpaired) electrons. The lowest BCUT2D eigenvalue weighted by atomic mass is 9.75. The van der Waals surface area contributed by atoms with Gasteiger partial charge in [0.15, 0.2) is 0 Å². The molecule has 0 N–H and O–H groups in total. The molecule has 1 aliphatic rings. The third-order valence-corrected chi connectivity index (χ3v) is 3.35. The molecular formula is C15H21BO4. The maximum absolute atomic E-state index is 11.1. The first-order valence-corrected chi connectivity index (χ1v) is 6.89. The molecule has 5 heteroatoms. The van der Waals surface area contributed by atoms with E-state index >= 15 is 0 Å². The first-order chi connectivity index (χ1) is 9.50. The van der Waals surface area contributed by atoms with E-state index in [-0.39, 0.29) is 18.5 Å². The van der Waals surface area contributed by atoms with Crippen molar-refractivity contribution in [1.82, 2.24) is 0 Å². The molecule has 20 heavy (non-hydrogen) atoms. The molecule has 1 aromatic carbocycles. The van der Waals surface area contributed by atoms with Crippen LogP contribution in [0, 0.1) is 5.41 Å². The van der Waals surface area contributed by atoms with Crippen molar-refractivity contribution in [1.29, 1.82) is 0 Å². The third-order valence-electron chi connectivity index (χ3n) is 3.35. The minimum Gasteiger partial charge on any atom is -0.469 e. The van der Waals surface area contributed by atoms with Gasteiger partial charge >= 0.3 is 13.1 Å². The van der Waals surface area contributed by atoms with Crippen LogP contribution in [-0.4, -0.2) is 33.4 Å². The fourth-order valence-corrected chi connectivity index (χ4v) is 2.07. The van der Waals surface area contributed by atoms with Gasteiger partial charge < -0.3 is 14.0 Å². The van der Waals surface area contributed by atoms with E-state index in [9.17, 15) is 4.79 Å². The SMILES string of the molecule is COC(=O)CCc1ccc(B2OCC(C)(C)CO2)cc1. The first kappa shape index (κ1) is 15.1. The van der Waals surface area contributed by atoms with Crippen LogP contribution in [0.5, 0.6) is 0 Å². The van der Waals surface area contributed by atoms with Gasteiger partial charge in [0.05, 0.1) is 7.11 Å². The molecular weight excluding hydrogens is 255 g/mol. The van der Waals surface area contributed by atoms with E-state index in [1.807, 2.05) is 24.3 Å². The molecule has 0 aliphatic carbocycles. The fourth-order valence-electron chi connectivity index (χ4n) is 2.07. The van der Waals surface area contributed by atoms with Crippen LogP contribution in [0.4, 0.5) is 0 Å². The average molecular weight is 276 g/mol. The van der Waals surface area contributed by atoms with Crippen molar-refractivity contribution in [2.24, 2.45) is 5.41 Å². The summed E-state index contributed by atoms with van der Waals surface area (Å²) in [4.78, 5) is 11.1. The van der Waals surface area contributed by atoms with Gasteiger partial charge in [-0.15, -0.1) is 0 Å². The molecule has 0 amide bonds. The van der Waals surface area contributed by atoms with E-state index in [1.54, 1.807) is 0 Å². The summed E-state index contributed by atoms with van der Waals surface area (Å²) in [6.45, 7) is 5.64. The summed E-state index contributed by atoms with van der Waals surface area (Å²) in [6, 6.07) is 8.00. The fraction of sp³-hybridized carbons (Fsp3) is 0.533. The van der Waals surface area contributed by atoms with Crippen molar-refractivity contribution in [3.63, 3.8) is 0 Å². The van der Waals surface area contributed by atoms with Crippen molar-refractivity contribution >= 4 is 18.6 Å². The second kappa shape index (κ2) is 6.42. The number of esters is 1. The van der Waals surface area contributed by atoms with Gasteiger partial charge in [0, 0.05) is 25.0 Å². The summed E-state index contributed by atoms with van der Waals surface area (Å²) in [5.41, 5.74) is 2.20. The summed E-state index contributed by atoms with van der Waals surface area (Å²) in [5, 5.41) is 0. The van der Waals surface area contributed by atoms with Gasteiger partial charge in [0.25, 0.3) is 0 Å². The predicted molar refractivity (Wildman–Crippen MR) is 77.9 cm³/mol. The van der Waals surface area contributed by atoms with Gasteiger partial charge in [-0.2, -0.15) is 0 Å². The molecule has 1 aliphatic heterocycles. The van der Waals surface area contributed by atoms with Gasteiger partial charge in [-0.25, -0.2) is 0 Å². The van der Waals surface area contributed by atoms with Crippen molar-refractivity contribution < 1.29 is 18.8 Å². The lowest BCUT2D eigenvalue weighted by Gasteiger charge is -2.33. The highest BCUT2D eigenvalue weighted by molar-refractivity contribution is 6.61. The molecule has 0 unspecified atom stereocenters. The molecule has 1 saturated heterocycles. The van der Waals surface area contributed by atoms with Crippen LogP contribution in [-0.2, 0) is 25.3 Å². The Morgan fingerprint density at radius 2 is 1.85 bits per heavy atom. The lowest BCUT2D eigenvalue weighted by molar-refractivity contribution is -0.140. The first-order valence-electron chi connectivity index (χ1n) is 6.89. The molecule has 108 valence electrons. The number of carbonyl (C=O) groups excluding carboxylic acids is 1. The minimum absolute atomic E-state index is 0.0803. The number of hydrogen-bond donors (Lipinski definition) is 0. The topological polar surface area (TPSA) is 44.8 Å². The molecule has 1 aromatic rings. The molecule has 0 spiro atoms. The molecule has 1 fully saturated rings. The van der Waals surface area contributed by atoms with Crippen LogP contribution in [0.1, 0.15) is 25.8 Å². The zero-order valence-electron chi connectivity index (χ0n) is 12.3. The number of methoxy groups -OCH3 is 1. The average Bonchev–Trinajstić information content (AvgIpc) is 2.45. The number of hydrogen-bond acceptors (Lipinski definition) is 4. The second-order valence-electron chi connectivity index (χ2n) is 5.94. The Kier molecular flexibility index (Phi) is 4.84. The van der Waals surface area contributed by atoms with Crippen LogP contribution in [0.25, 0.3) is 0 Å². The minimum atomic E-state index is -0.280. The molecule has 0 saturated carbocycles. The third kappa shape index (κ3) is 4.08. The van der Waals surface area contributed by atoms with E-state index in [0.717, 1.165) is 11.0 Å². The number of carbonyl (C=O) groups is 1. The smallest absolute Gasteiger partial charge is 0.469 e. The standard InChI is InChI=1S/C15H21BO4/c1-15(2)10-19-16(20-11-15)13-7-4-12(5-8-13)6-9-14(17)18-3/h4-5,7-8H,6,9-11H2,1-3H3. The van der Waals surface area contributed by atoms with E-state index in [0.29, 0.717) is 26.1 Å². The van der Waals surface area contributed by atoms with Gasteiger partial charge in [-0.3, -0.25) is 4.79 Å². The van der Waals surface area contributed by atoms with Gasteiger partial charge in [-0.05, 0) is 17.4 Å². The Morgan fingerprint density at radius 3 is 2.40 bits per heavy atom. The zero-order valence-corrected chi connectivity index (χ0v) is 12.3. The van der Waals surface area contributed by atoms with Crippen molar-refractivity contribution in [3.05, 3.63) is 29.8 Å². The molecule has 2 rings (SSSR count). The van der Waals surface area contributed by atoms with E-state index in [4.69, 9.17) is 9.31 Å². The number of rotatable bonds is 4. The van der Waals surface area contributed by atoms with Gasteiger partial charge in [-0.1, -0.05) is 38.1 Å². The normalized spacial score (nSPS) is 17.9. The number of aryl methyl sites for hydroxylation is 1. The predicted octanol–water partition coefficient (Wildman–Crippen LogP) is 1.56. The maximum Gasteiger partial charge on any atom is 0.493 e.